The highest BCUT2D eigenvalue weighted by Gasteiger charge is 2.25. The second-order valence-electron chi connectivity index (χ2n) is 6.02. The number of hydrogen-bond acceptors (Lipinski definition) is 5. The molecule has 0 aliphatic rings. The fourth-order valence-electron chi connectivity index (χ4n) is 2.34. The molecule has 0 unspecified atom stereocenters. The number of rotatable bonds is 5. The average Bonchev–Trinajstić information content (AvgIpc) is 3.08. The lowest BCUT2D eigenvalue weighted by Gasteiger charge is -2.22. The van der Waals surface area contributed by atoms with Crippen molar-refractivity contribution in [1.29, 1.82) is 0 Å². The van der Waals surface area contributed by atoms with Gasteiger partial charge < -0.3 is 10.4 Å². The van der Waals surface area contributed by atoms with Crippen molar-refractivity contribution in [3.05, 3.63) is 66.2 Å². The molecule has 0 aliphatic carbocycles. The molecule has 0 bridgehead atoms. The van der Waals surface area contributed by atoms with E-state index in [0.717, 1.165) is 5.56 Å². The number of carbonyl (C=O) groups excluding carboxylic acids is 1. The van der Waals surface area contributed by atoms with E-state index < -0.39 is 5.60 Å². The minimum Gasteiger partial charge on any atom is -0.383 e. The van der Waals surface area contributed by atoms with Crippen LogP contribution in [-0.4, -0.2) is 37.3 Å². The molecule has 0 aliphatic heterocycles. The third kappa shape index (κ3) is 3.89. The standard InChI is InChI=1S/C18H19N5O2/c1-18(25,15-10-22-23(2)11-15)12-21-17(24)14-8-19-16(20-9-14)13-6-4-3-5-7-13/h3-11,25H,12H2,1-2H3,(H,21,24)/t18-/m1/s1. The third-order valence-electron chi connectivity index (χ3n) is 3.87. The number of aliphatic hydroxyl groups is 1. The van der Waals surface area contributed by atoms with Crippen molar-refractivity contribution in [3.63, 3.8) is 0 Å². The maximum atomic E-state index is 12.3. The van der Waals surface area contributed by atoms with E-state index in [1.807, 2.05) is 30.3 Å². The van der Waals surface area contributed by atoms with Gasteiger partial charge in [0.1, 0.15) is 5.60 Å². The molecule has 1 aromatic carbocycles. The van der Waals surface area contributed by atoms with E-state index in [0.29, 0.717) is 17.0 Å². The number of aryl methyl sites for hydroxylation is 1. The van der Waals surface area contributed by atoms with E-state index in [9.17, 15) is 9.90 Å². The summed E-state index contributed by atoms with van der Waals surface area (Å²) in [7, 11) is 1.77. The van der Waals surface area contributed by atoms with Crippen LogP contribution in [0.4, 0.5) is 0 Å². The van der Waals surface area contributed by atoms with Gasteiger partial charge in [0.2, 0.25) is 0 Å². The zero-order valence-corrected chi connectivity index (χ0v) is 14.0. The van der Waals surface area contributed by atoms with Gasteiger partial charge in [-0.1, -0.05) is 30.3 Å². The molecule has 1 amide bonds. The second kappa shape index (κ2) is 6.82. The molecule has 0 saturated carbocycles. The number of carbonyl (C=O) groups is 1. The quantitative estimate of drug-likeness (QED) is 0.736. The van der Waals surface area contributed by atoms with Gasteiger partial charge in [0.05, 0.1) is 18.3 Å². The molecule has 0 spiro atoms. The molecule has 0 radical (unpaired) electrons. The predicted octanol–water partition coefficient (Wildman–Crippen LogP) is 1.51. The second-order valence-corrected chi connectivity index (χ2v) is 6.02. The van der Waals surface area contributed by atoms with Gasteiger partial charge >= 0.3 is 0 Å². The normalized spacial score (nSPS) is 13.2. The fourth-order valence-corrected chi connectivity index (χ4v) is 2.34. The molecule has 25 heavy (non-hydrogen) atoms. The van der Waals surface area contributed by atoms with Gasteiger partial charge in [-0.25, -0.2) is 9.97 Å². The van der Waals surface area contributed by atoms with Crippen LogP contribution >= 0.6 is 0 Å². The molecular formula is C18H19N5O2. The Balaban J connectivity index is 1.65. The lowest BCUT2D eigenvalue weighted by atomic mass is 9.99. The van der Waals surface area contributed by atoms with Crippen LogP contribution in [-0.2, 0) is 12.6 Å². The van der Waals surface area contributed by atoms with Gasteiger partial charge in [0, 0.05) is 36.8 Å². The average molecular weight is 337 g/mol. The first-order valence-corrected chi connectivity index (χ1v) is 7.83. The molecule has 128 valence electrons. The topological polar surface area (TPSA) is 92.9 Å². The Bertz CT molecular complexity index is 857. The molecule has 7 heteroatoms. The van der Waals surface area contributed by atoms with Crippen molar-refractivity contribution >= 4 is 5.91 Å². The molecular weight excluding hydrogens is 318 g/mol. The van der Waals surface area contributed by atoms with Gasteiger partial charge in [0.25, 0.3) is 5.91 Å². The summed E-state index contributed by atoms with van der Waals surface area (Å²) in [6, 6.07) is 9.53. The number of aromatic nitrogens is 4. The van der Waals surface area contributed by atoms with Crippen molar-refractivity contribution in [3.8, 4) is 11.4 Å². The van der Waals surface area contributed by atoms with E-state index in [2.05, 4.69) is 20.4 Å². The summed E-state index contributed by atoms with van der Waals surface area (Å²) in [6.07, 6.45) is 6.24. The molecule has 3 rings (SSSR count). The van der Waals surface area contributed by atoms with Gasteiger partial charge in [-0.3, -0.25) is 9.48 Å². The molecule has 2 aromatic heterocycles. The molecule has 0 saturated heterocycles. The summed E-state index contributed by atoms with van der Waals surface area (Å²) in [4.78, 5) is 20.7. The van der Waals surface area contributed by atoms with Crippen LogP contribution in [0.1, 0.15) is 22.8 Å². The summed E-state index contributed by atoms with van der Waals surface area (Å²) >= 11 is 0. The van der Waals surface area contributed by atoms with Gasteiger partial charge in [-0.2, -0.15) is 5.10 Å². The van der Waals surface area contributed by atoms with Crippen LogP contribution in [0.3, 0.4) is 0 Å². The van der Waals surface area contributed by atoms with Crippen LogP contribution in [0.5, 0.6) is 0 Å². The Kier molecular flexibility index (Phi) is 4.58. The van der Waals surface area contributed by atoms with Crippen LogP contribution in [0, 0.1) is 0 Å². The highest BCUT2D eigenvalue weighted by molar-refractivity contribution is 5.93. The largest absolute Gasteiger partial charge is 0.383 e. The molecule has 2 heterocycles. The Morgan fingerprint density at radius 1 is 1.20 bits per heavy atom. The molecule has 7 nitrogen and oxygen atoms in total. The summed E-state index contributed by atoms with van der Waals surface area (Å²) < 4.78 is 1.60. The minimum absolute atomic E-state index is 0.0535. The maximum absolute atomic E-state index is 12.3. The monoisotopic (exact) mass is 337 g/mol. The third-order valence-corrected chi connectivity index (χ3v) is 3.87. The smallest absolute Gasteiger partial charge is 0.254 e. The molecule has 1 atom stereocenters. The number of hydrogen-bond donors (Lipinski definition) is 2. The van der Waals surface area contributed by atoms with Gasteiger partial charge in [0.15, 0.2) is 5.82 Å². The predicted molar refractivity (Wildman–Crippen MR) is 92.6 cm³/mol. The van der Waals surface area contributed by atoms with Crippen LogP contribution in [0.2, 0.25) is 0 Å². The highest BCUT2D eigenvalue weighted by Crippen LogP contribution is 2.19. The summed E-state index contributed by atoms with van der Waals surface area (Å²) in [5, 5.41) is 17.2. The Labute approximate surface area is 145 Å². The van der Waals surface area contributed by atoms with E-state index in [4.69, 9.17) is 0 Å². The summed E-state index contributed by atoms with van der Waals surface area (Å²) in [5.74, 6) is 0.211. The molecule has 3 aromatic rings. The molecule has 2 N–H and O–H groups in total. The number of nitrogens with one attached hydrogen (secondary N) is 1. The maximum Gasteiger partial charge on any atom is 0.254 e. The summed E-state index contributed by atoms with van der Waals surface area (Å²) in [5.41, 5.74) is 0.635. The minimum atomic E-state index is -1.21. The van der Waals surface area contributed by atoms with Crippen molar-refractivity contribution in [2.75, 3.05) is 6.54 Å². The van der Waals surface area contributed by atoms with Crippen LogP contribution in [0.15, 0.2) is 55.1 Å². The van der Waals surface area contributed by atoms with Gasteiger partial charge in [-0.05, 0) is 6.92 Å². The number of nitrogens with zero attached hydrogens (tertiary/aromatic N) is 4. The van der Waals surface area contributed by atoms with Gasteiger partial charge in [-0.15, -0.1) is 0 Å². The number of amides is 1. The van der Waals surface area contributed by atoms with Crippen molar-refractivity contribution in [2.45, 2.75) is 12.5 Å². The van der Waals surface area contributed by atoms with Crippen molar-refractivity contribution < 1.29 is 9.90 Å². The van der Waals surface area contributed by atoms with Crippen molar-refractivity contribution in [2.24, 2.45) is 7.05 Å². The zero-order chi connectivity index (χ0) is 17.9. The van der Waals surface area contributed by atoms with E-state index in [1.165, 1.54) is 12.4 Å². The molecule has 0 fully saturated rings. The fraction of sp³-hybridized carbons (Fsp3) is 0.222. The van der Waals surface area contributed by atoms with Crippen LogP contribution in [0.25, 0.3) is 11.4 Å². The van der Waals surface area contributed by atoms with E-state index >= 15 is 0 Å². The first-order chi connectivity index (χ1) is 12.0. The first-order valence-electron chi connectivity index (χ1n) is 7.83. The van der Waals surface area contributed by atoms with E-state index in [-0.39, 0.29) is 12.5 Å². The van der Waals surface area contributed by atoms with Crippen molar-refractivity contribution in [1.82, 2.24) is 25.1 Å². The SMILES string of the molecule is Cn1cc([C@](C)(O)CNC(=O)c2cnc(-c3ccccc3)nc2)cn1. The summed E-state index contributed by atoms with van der Waals surface area (Å²) in [6.45, 7) is 1.68. The highest BCUT2D eigenvalue weighted by atomic mass is 16.3. The first kappa shape index (κ1) is 16.8. The number of benzene rings is 1. The lowest BCUT2D eigenvalue weighted by Crippen LogP contribution is -2.38. The van der Waals surface area contributed by atoms with E-state index in [1.54, 1.807) is 31.0 Å². The van der Waals surface area contributed by atoms with Crippen LogP contribution < -0.4 is 5.32 Å². The zero-order valence-electron chi connectivity index (χ0n) is 14.0. The Morgan fingerprint density at radius 2 is 1.88 bits per heavy atom. The Hall–Kier alpha value is -3.06. The lowest BCUT2D eigenvalue weighted by molar-refractivity contribution is 0.0525. The Morgan fingerprint density at radius 3 is 2.48 bits per heavy atom.